The number of rotatable bonds is 10. The Morgan fingerprint density at radius 1 is 1.10 bits per heavy atom. The van der Waals surface area contributed by atoms with Crippen molar-refractivity contribution in [3.63, 3.8) is 0 Å². The van der Waals surface area contributed by atoms with E-state index in [9.17, 15) is 18.0 Å². The summed E-state index contributed by atoms with van der Waals surface area (Å²) in [7, 11) is -1.94. The first-order valence-electron chi connectivity index (χ1n) is 9.49. The molecule has 0 radical (unpaired) electrons. The van der Waals surface area contributed by atoms with Gasteiger partial charge in [-0.3, -0.25) is 4.79 Å². The summed E-state index contributed by atoms with van der Waals surface area (Å²) in [5.74, 6) is -0.405. The first kappa shape index (κ1) is 23.4. The van der Waals surface area contributed by atoms with Crippen molar-refractivity contribution in [2.45, 2.75) is 25.3 Å². The van der Waals surface area contributed by atoms with Gasteiger partial charge in [0.25, 0.3) is 5.91 Å². The molecule has 1 heterocycles. The number of likely N-dealkylation sites (N-methyl/N-ethyl adjacent to an activating group) is 1. The normalized spacial score (nSPS) is 11.7. The second-order valence-electron chi connectivity index (χ2n) is 6.43. The van der Waals surface area contributed by atoms with E-state index in [1.165, 1.54) is 39.8 Å². The average molecular weight is 435 g/mol. The lowest BCUT2D eigenvalue weighted by Gasteiger charge is -2.18. The number of ether oxygens (including phenoxy) is 1. The van der Waals surface area contributed by atoms with Gasteiger partial charge in [-0.15, -0.1) is 0 Å². The molecule has 0 aliphatic heterocycles. The van der Waals surface area contributed by atoms with Crippen molar-refractivity contribution < 1.29 is 27.2 Å². The number of hydrogen-bond donors (Lipinski definition) is 0. The van der Waals surface area contributed by atoms with Gasteiger partial charge in [0, 0.05) is 26.2 Å². The van der Waals surface area contributed by atoms with Crippen LogP contribution in [-0.2, 0) is 30.9 Å². The lowest BCUT2D eigenvalue weighted by Crippen LogP contribution is -2.30. The molecule has 1 amide bonds. The molecule has 8 nitrogen and oxygen atoms in total. The zero-order valence-electron chi connectivity index (χ0n) is 17.3. The molecule has 0 aliphatic carbocycles. The summed E-state index contributed by atoms with van der Waals surface area (Å²) in [6.45, 7) is 4.24. The van der Waals surface area contributed by atoms with Gasteiger partial charge in [0.1, 0.15) is 5.76 Å². The lowest BCUT2D eigenvalue weighted by molar-refractivity contribution is -0.147. The minimum Gasteiger partial charge on any atom is -0.467 e. The van der Waals surface area contributed by atoms with Gasteiger partial charge in [0.2, 0.25) is 10.0 Å². The molecule has 9 heteroatoms. The van der Waals surface area contributed by atoms with Crippen LogP contribution in [0.3, 0.4) is 0 Å². The van der Waals surface area contributed by atoms with Crippen molar-refractivity contribution in [3.8, 4) is 0 Å². The third kappa shape index (κ3) is 6.30. The van der Waals surface area contributed by atoms with E-state index < -0.39 is 16.0 Å². The molecule has 0 N–H and O–H groups in total. The van der Waals surface area contributed by atoms with Gasteiger partial charge >= 0.3 is 5.97 Å². The van der Waals surface area contributed by atoms with Gasteiger partial charge in [-0.2, -0.15) is 4.31 Å². The topological polar surface area (TPSA) is 97.1 Å². The molecule has 0 atom stereocenters. The molecule has 1 aromatic carbocycles. The zero-order chi connectivity index (χ0) is 22.1. The fraction of sp³-hybridized carbons (Fsp3) is 0.333. The van der Waals surface area contributed by atoms with Gasteiger partial charge < -0.3 is 14.1 Å². The molecule has 2 rings (SSSR count). The van der Waals surface area contributed by atoms with Crippen LogP contribution in [0.4, 0.5) is 0 Å². The summed E-state index contributed by atoms with van der Waals surface area (Å²) in [6.07, 6.45) is 4.20. The summed E-state index contributed by atoms with van der Waals surface area (Å²) < 4.78 is 36.4. The zero-order valence-corrected chi connectivity index (χ0v) is 18.1. The van der Waals surface area contributed by atoms with Crippen molar-refractivity contribution in [1.29, 1.82) is 0 Å². The van der Waals surface area contributed by atoms with Crippen LogP contribution < -0.4 is 0 Å². The standard InChI is InChI=1S/C21H26N2O6S/c1-4-23(5-2)30(26,27)19-11-8-17(9-12-19)10-13-21(25)29-16-20(24)22(3)15-18-7-6-14-28-18/h6-14H,4-5,15-16H2,1-3H3/b13-10+. The highest BCUT2D eigenvalue weighted by Gasteiger charge is 2.21. The Hall–Kier alpha value is -2.91. The number of benzene rings is 1. The Balaban J connectivity index is 1.88. The fourth-order valence-corrected chi connectivity index (χ4v) is 4.10. The van der Waals surface area contributed by atoms with Crippen molar-refractivity contribution in [2.24, 2.45) is 0 Å². The second kappa shape index (κ2) is 10.7. The van der Waals surface area contributed by atoms with Crippen molar-refractivity contribution >= 4 is 28.0 Å². The SMILES string of the molecule is CCN(CC)S(=O)(=O)c1ccc(/C=C/C(=O)OCC(=O)N(C)Cc2ccco2)cc1. The number of carbonyl (C=O) groups is 2. The van der Waals surface area contributed by atoms with Crippen LogP contribution in [0.25, 0.3) is 6.08 Å². The Bertz CT molecular complexity index is 961. The quantitative estimate of drug-likeness (QED) is 0.421. The van der Waals surface area contributed by atoms with Crippen LogP contribution in [0.1, 0.15) is 25.2 Å². The maximum absolute atomic E-state index is 12.5. The summed E-state index contributed by atoms with van der Waals surface area (Å²) in [4.78, 5) is 25.4. The minimum absolute atomic E-state index is 0.191. The molecule has 162 valence electrons. The van der Waals surface area contributed by atoms with E-state index in [2.05, 4.69) is 0 Å². The molecule has 0 saturated carbocycles. The minimum atomic E-state index is -3.53. The van der Waals surface area contributed by atoms with Gasteiger partial charge in [-0.1, -0.05) is 26.0 Å². The lowest BCUT2D eigenvalue weighted by atomic mass is 10.2. The predicted molar refractivity (Wildman–Crippen MR) is 112 cm³/mol. The van der Waals surface area contributed by atoms with Gasteiger partial charge in [0.05, 0.1) is 17.7 Å². The Morgan fingerprint density at radius 3 is 2.33 bits per heavy atom. The van der Waals surface area contributed by atoms with Crippen LogP contribution in [0.15, 0.2) is 58.1 Å². The molecular formula is C21H26N2O6S. The smallest absolute Gasteiger partial charge is 0.331 e. The van der Waals surface area contributed by atoms with E-state index in [-0.39, 0.29) is 24.0 Å². The molecule has 30 heavy (non-hydrogen) atoms. The van der Waals surface area contributed by atoms with Crippen LogP contribution in [0.2, 0.25) is 0 Å². The van der Waals surface area contributed by atoms with E-state index in [1.807, 2.05) is 0 Å². The second-order valence-corrected chi connectivity index (χ2v) is 8.37. The number of furan rings is 1. The van der Waals surface area contributed by atoms with E-state index in [4.69, 9.17) is 9.15 Å². The van der Waals surface area contributed by atoms with Crippen molar-refractivity contribution in [1.82, 2.24) is 9.21 Å². The van der Waals surface area contributed by atoms with Gasteiger partial charge in [-0.25, -0.2) is 13.2 Å². The monoisotopic (exact) mass is 434 g/mol. The molecule has 0 spiro atoms. The van der Waals surface area contributed by atoms with Gasteiger partial charge in [0.15, 0.2) is 6.61 Å². The first-order valence-corrected chi connectivity index (χ1v) is 10.9. The van der Waals surface area contributed by atoms with E-state index in [1.54, 1.807) is 45.2 Å². The summed E-state index contributed by atoms with van der Waals surface area (Å²) in [5.41, 5.74) is 0.631. The summed E-state index contributed by atoms with van der Waals surface area (Å²) in [6, 6.07) is 9.66. The highest BCUT2D eigenvalue weighted by atomic mass is 32.2. The predicted octanol–water partition coefficient (Wildman–Crippen LogP) is 2.53. The largest absolute Gasteiger partial charge is 0.467 e. The van der Waals surface area contributed by atoms with E-state index in [0.29, 0.717) is 24.4 Å². The van der Waals surface area contributed by atoms with Crippen LogP contribution in [0.5, 0.6) is 0 Å². The molecule has 1 aromatic heterocycles. The summed E-state index contributed by atoms with van der Waals surface area (Å²) >= 11 is 0. The molecule has 2 aromatic rings. The van der Waals surface area contributed by atoms with Crippen molar-refractivity contribution in [3.05, 3.63) is 60.1 Å². The third-order valence-electron chi connectivity index (χ3n) is 4.37. The molecule has 0 bridgehead atoms. The summed E-state index contributed by atoms with van der Waals surface area (Å²) in [5, 5.41) is 0. The molecule has 0 aliphatic rings. The van der Waals surface area contributed by atoms with Crippen LogP contribution >= 0.6 is 0 Å². The molecule has 0 fully saturated rings. The van der Waals surface area contributed by atoms with E-state index in [0.717, 1.165) is 0 Å². The number of carbonyl (C=O) groups excluding carboxylic acids is 2. The molecule has 0 saturated heterocycles. The molecular weight excluding hydrogens is 408 g/mol. The van der Waals surface area contributed by atoms with Crippen LogP contribution in [-0.4, -0.2) is 56.2 Å². The third-order valence-corrected chi connectivity index (χ3v) is 6.44. The highest BCUT2D eigenvalue weighted by molar-refractivity contribution is 7.89. The Kier molecular flexibility index (Phi) is 8.37. The fourth-order valence-electron chi connectivity index (χ4n) is 2.64. The number of esters is 1. The van der Waals surface area contributed by atoms with Gasteiger partial charge in [-0.05, 0) is 35.9 Å². The Labute approximate surface area is 176 Å². The maximum Gasteiger partial charge on any atom is 0.331 e. The maximum atomic E-state index is 12.5. The highest BCUT2D eigenvalue weighted by Crippen LogP contribution is 2.16. The van der Waals surface area contributed by atoms with E-state index >= 15 is 0 Å². The first-order chi connectivity index (χ1) is 14.3. The number of hydrogen-bond acceptors (Lipinski definition) is 6. The molecule has 0 unspecified atom stereocenters. The Morgan fingerprint density at radius 2 is 1.77 bits per heavy atom. The van der Waals surface area contributed by atoms with Crippen LogP contribution in [0, 0.1) is 0 Å². The average Bonchev–Trinajstić information content (AvgIpc) is 3.24. The van der Waals surface area contributed by atoms with Crippen molar-refractivity contribution in [2.75, 3.05) is 26.7 Å². The number of nitrogens with zero attached hydrogens (tertiary/aromatic N) is 2. The number of amides is 1. The number of sulfonamides is 1.